The molecule has 16 heavy (non-hydrogen) atoms. The standard InChI is InChI=1S/C12H10ClNO2/c1-16-11-7-12(15)14-10(11)6-8-2-4-9(13)5-3-8/h2-7H,1H3,(H,14,15)/b10-6+. The summed E-state index contributed by atoms with van der Waals surface area (Å²) < 4.78 is 5.07. The van der Waals surface area contributed by atoms with Gasteiger partial charge in [0, 0.05) is 11.1 Å². The van der Waals surface area contributed by atoms with E-state index in [1.807, 2.05) is 18.2 Å². The van der Waals surface area contributed by atoms with Crippen LogP contribution < -0.4 is 5.32 Å². The van der Waals surface area contributed by atoms with Crippen molar-refractivity contribution >= 4 is 23.6 Å². The number of carbonyl (C=O) groups excluding carboxylic acids is 1. The molecule has 82 valence electrons. The monoisotopic (exact) mass is 235 g/mol. The highest BCUT2D eigenvalue weighted by molar-refractivity contribution is 6.30. The van der Waals surface area contributed by atoms with Gasteiger partial charge in [-0.2, -0.15) is 0 Å². The van der Waals surface area contributed by atoms with Crippen molar-refractivity contribution in [1.29, 1.82) is 0 Å². The van der Waals surface area contributed by atoms with Crippen molar-refractivity contribution in [2.45, 2.75) is 0 Å². The minimum absolute atomic E-state index is 0.169. The molecule has 0 unspecified atom stereocenters. The Morgan fingerprint density at radius 3 is 2.62 bits per heavy atom. The molecule has 3 nitrogen and oxygen atoms in total. The van der Waals surface area contributed by atoms with Crippen molar-refractivity contribution in [2.75, 3.05) is 7.11 Å². The van der Waals surface area contributed by atoms with Crippen molar-refractivity contribution in [2.24, 2.45) is 0 Å². The number of rotatable bonds is 2. The number of ether oxygens (including phenoxy) is 1. The number of amides is 1. The molecule has 1 N–H and O–H groups in total. The van der Waals surface area contributed by atoms with E-state index in [2.05, 4.69) is 5.32 Å². The number of methoxy groups -OCH3 is 1. The van der Waals surface area contributed by atoms with Crippen LogP contribution in [-0.2, 0) is 9.53 Å². The molecule has 0 saturated carbocycles. The van der Waals surface area contributed by atoms with Gasteiger partial charge < -0.3 is 10.1 Å². The molecule has 0 atom stereocenters. The first-order chi connectivity index (χ1) is 7.69. The van der Waals surface area contributed by atoms with E-state index in [0.717, 1.165) is 5.56 Å². The molecule has 0 aromatic heterocycles. The Morgan fingerprint density at radius 2 is 2.00 bits per heavy atom. The second-order valence-corrected chi connectivity index (χ2v) is 3.75. The van der Waals surface area contributed by atoms with Gasteiger partial charge in [0.25, 0.3) is 5.91 Å². The molecule has 0 bridgehead atoms. The van der Waals surface area contributed by atoms with Crippen molar-refractivity contribution < 1.29 is 9.53 Å². The molecule has 1 amide bonds. The van der Waals surface area contributed by atoms with Gasteiger partial charge in [0.1, 0.15) is 5.76 Å². The third-order valence-electron chi connectivity index (χ3n) is 2.19. The summed E-state index contributed by atoms with van der Waals surface area (Å²) in [5.74, 6) is 0.372. The average Bonchev–Trinajstić information content (AvgIpc) is 2.62. The van der Waals surface area contributed by atoms with E-state index >= 15 is 0 Å². The molecule has 0 saturated heterocycles. The van der Waals surface area contributed by atoms with Gasteiger partial charge in [-0.05, 0) is 23.8 Å². The third kappa shape index (κ3) is 2.25. The lowest BCUT2D eigenvalue weighted by molar-refractivity contribution is -0.115. The van der Waals surface area contributed by atoms with Crippen LogP contribution >= 0.6 is 11.6 Å². The first-order valence-electron chi connectivity index (χ1n) is 4.73. The van der Waals surface area contributed by atoms with Crippen molar-refractivity contribution in [3.63, 3.8) is 0 Å². The lowest BCUT2D eigenvalue weighted by Gasteiger charge is -2.03. The van der Waals surface area contributed by atoms with Crippen LogP contribution in [0.25, 0.3) is 6.08 Å². The van der Waals surface area contributed by atoms with Crippen LogP contribution in [0.5, 0.6) is 0 Å². The number of benzene rings is 1. The second kappa shape index (κ2) is 4.41. The van der Waals surface area contributed by atoms with Gasteiger partial charge in [-0.3, -0.25) is 4.79 Å². The normalized spacial score (nSPS) is 17.2. The van der Waals surface area contributed by atoms with Crippen LogP contribution in [0.3, 0.4) is 0 Å². The van der Waals surface area contributed by atoms with E-state index in [9.17, 15) is 4.79 Å². The highest BCUT2D eigenvalue weighted by Crippen LogP contribution is 2.18. The smallest absolute Gasteiger partial charge is 0.252 e. The number of hydrogen-bond acceptors (Lipinski definition) is 2. The van der Waals surface area contributed by atoms with Crippen LogP contribution in [0.4, 0.5) is 0 Å². The minimum Gasteiger partial charge on any atom is -0.494 e. The maximum absolute atomic E-state index is 11.1. The van der Waals surface area contributed by atoms with E-state index in [4.69, 9.17) is 16.3 Å². The van der Waals surface area contributed by atoms with E-state index in [1.54, 1.807) is 12.1 Å². The van der Waals surface area contributed by atoms with Gasteiger partial charge in [0.15, 0.2) is 0 Å². The van der Waals surface area contributed by atoms with Gasteiger partial charge in [-0.1, -0.05) is 23.7 Å². The summed E-state index contributed by atoms with van der Waals surface area (Å²) in [5, 5.41) is 3.37. The fraction of sp³-hybridized carbons (Fsp3) is 0.0833. The number of hydrogen-bond donors (Lipinski definition) is 1. The maximum Gasteiger partial charge on any atom is 0.252 e. The van der Waals surface area contributed by atoms with E-state index in [-0.39, 0.29) is 5.91 Å². The van der Waals surface area contributed by atoms with Crippen LogP contribution in [-0.4, -0.2) is 13.0 Å². The third-order valence-corrected chi connectivity index (χ3v) is 2.44. The molecule has 1 aromatic carbocycles. The van der Waals surface area contributed by atoms with E-state index < -0.39 is 0 Å². The average molecular weight is 236 g/mol. The van der Waals surface area contributed by atoms with Gasteiger partial charge >= 0.3 is 0 Å². The topological polar surface area (TPSA) is 38.3 Å². The Morgan fingerprint density at radius 1 is 1.31 bits per heavy atom. The molecule has 1 aromatic rings. The Labute approximate surface area is 98.4 Å². The Kier molecular flexibility index (Phi) is 2.97. The van der Waals surface area contributed by atoms with Crippen LogP contribution in [0.2, 0.25) is 5.02 Å². The summed E-state index contributed by atoms with van der Waals surface area (Å²) in [5.41, 5.74) is 1.61. The molecule has 4 heteroatoms. The number of carbonyl (C=O) groups is 1. The molecule has 1 heterocycles. The van der Waals surface area contributed by atoms with Crippen LogP contribution in [0.1, 0.15) is 5.56 Å². The summed E-state index contributed by atoms with van der Waals surface area (Å²) in [4.78, 5) is 11.1. The second-order valence-electron chi connectivity index (χ2n) is 3.31. The quantitative estimate of drug-likeness (QED) is 0.855. The molecule has 0 spiro atoms. The zero-order chi connectivity index (χ0) is 11.5. The summed E-state index contributed by atoms with van der Waals surface area (Å²) in [6, 6.07) is 7.32. The summed E-state index contributed by atoms with van der Waals surface area (Å²) in [6.45, 7) is 0. The zero-order valence-electron chi connectivity index (χ0n) is 8.66. The van der Waals surface area contributed by atoms with Gasteiger partial charge in [0.2, 0.25) is 0 Å². The predicted molar refractivity (Wildman–Crippen MR) is 62.7 cm³/mol. The molecule has 2 rings (SSSR count). The molecule has 1 aliphatic heterocycles. The molecule has 0 fully saturated rings. The first kappa shape index (κ1) is 10.8. The SMILES string of the molecule is COC1=CC(=O)N/C1=C/c1ccc(Cl)cc1. The molecule has 1 aliphatic rings. The van der Waals surface area contributed by atoms with Crippen molar-refractivity contribution in [3.05, 3.63) is 52.4 Å². The lowest BCUT2D eigenvalue weighted by Crippen LogP contribution is -2.13. The van der Waals surface area contributed by atoms with Gasteiger partial charge in [-0.25, -0.2) is 0 Å². The maximum atomic E-state index is 11.1. The Balaban J connectivity index is 2.28. The van der Waals surface area contributed by atoms with Gasteiger partial charge in [-0.15, -0.1) is 0 Å². The van der Waals surface area contributed by atoms with Gasteiger partial charge in [0.05, 0.1) is 12.8 Å². The predicted octanol–water partition coefficient (Wildman–Crippen LogP) is 2.34. The number of halogens is 1. The van der Waals surface area contributed by atoms with E-state index in [0.29, 0.717) is 16.5 Å². The Bertz CT molecular complexity index is 474. The van der Waals surface area contributed by atoms with Crippen LogP contribution in [0, 0.1) is 0 Å². The highest BCUT2D eigenvalue weighted by atomic mass is 35.5. The van der Waals surface area contributed by atoms with Crippen LogP contribution in [0.15, 0.2) is 41.8 Å². The number of nitrogens with one attached hydrogen (secondary N) is 1. The molecular weight excluding hydrogens is 226 g/mol. The molecule has 0 aliphatic carbocycles. The fourth-order valence-corrected chi connectivity index (χ4v) is 1.55. The highest BCUT2D eigenvalue weighted by Gasteiger charge is 2.17. The summed E-state index contributed by atoms with van der Waals surface area (Å²) >= 11 is 5.78. The lowest BCUT2D eigenvalue weighted by atomic mass is 10.2. The summed E-state index contributed by atoms with van der Waals surface area (Å²) in [7, 11) is 1.53. The first-order valence-corrected chi connectivity index (χ1v) is 5.11. The van der Waals surface area contributed by atoms with Crippen molar-refractivity contribution in [1.82, 2.24) is 5.32 Å². The molecular formula is C12H10ClNO2. The minimum atomic E-state index is -0.169. The van der Waals surface area contributed by atoms with E-state index in [1.165, 1.54) is 13.2 Å². The summed E-state index contributed by atoms with van der Waals surface area (Å²) in [6.07, 6.45) is 3.25. The molecule has 0 radical (unpaired) electrons. The zero-order valence-corrected chi connectivity index (χ0v) is 9.41. The Hall–Kier alpha value is -1.74. The van der Waals surface area contributed by atoms with Crippen molar-refractivity contribution in [3.8, 4) is 0 Å². The largest absolute Gasteiger partial charge is 0.494 e. The fourth-order valence-electron chi connectivity index (χ4n) is 1.43.